The van der Waals surface area contributed by atoms with Crippen LogP contribution < -0.4 is 15.5 Å². The summed E-state index contributed by atoms with van der Waals surface area (Å²) >= 11 is 0. The van der Waals surface area contributed by atoms with Gasteiger partial charge in [-0.15, -0.1) is 0 Å². The molecule has 0 aromatic carbocycles. The molecule has 1 fully saturated rings. The van der Waals surface area contributed by atoms with E-state index >= 15 is 0 Å². The van der Waals surface area contributed by atoms with Gasteiger partial charge < -0.3 is 15.5 Å². The van der Waals surface area contributed by atoms with Gasteiger partial charge in [0.15, 0.2) is 0 Å². The zero-order valence-electron chi connectivity index (χ0n) is 12.2. The summed E-state index contributed by atoms with van der Waals surface area (Å²) in [7, 11) is 0. The molecule has 9 heteroatoms. The molecule has 2 rings (SSSR count). The summed E-state index contributed by atoms with van der Waals surface area (Å²) in [6.07, 6.45) is 1.17. The maximum Gasteiger partial charge on any atom is 0.329 e. The van der Waals surface area contributed by atoms with Crippen molar-refractivity contribution in [1.82, 2.24) is 15.3 Å². The molecular formula is C12H18N6O3. The van der Waals surface area contributed by atoms with Gasteiger partial charge in [0, 0.05) is 19.6 Å². The molecule has 1 aromatic heterocycles. The normalized spacial score (nSPS) is 17.3. The van der Waals surface area contributed by atoms with Crippen molar-refractivity contribution in [3.63, 3.8) is 0 Å². The van der Waals surface area contributed by atoms with Gasteiger partial charge >= 0.3 is 5.69 Å². The summed E-state index contributed by atoms with van der Waals surface area (Å²) in [4.78, 5) is 32.5. The number of carbonyl (C=O) groups excluding carboxylic acids is 1. The predicted molar refractivity (Wildman–Crippen MR) is 77.3 cm³/mol. The zero-order chi connectivity index (χ0) is 15.6. The average Bonchev–Trinajstić information content (AvgIpc) is 2.42. The number of hydrogen-bond acceptors (Lipinski definition) is 7. The molecule has 0 unspecified atom stereocenters. The number of carbonyl (C=O) groups is 1. The van der Waals surface area contributed by atoms with Crippen LogP contribution in [0.4, 0.5) is 17.5 Å². The van der Waals surface area contributed by atoms with Gasteiger partial charge in [-0.2, -0.15) is 4.98 Å². The smallest absolute Gasteiger partial charge is 0.329 e. The Kier molecular flexibility index (Phi) is 3.92. The predicted octanol–water partition coefficient (Wildman–Crippen LogP) is 0.531. The van der Waals surface area contributed by atoms with Crippen molar-refractivity contribution in [2.75, 3.05) is 29.9 Å². The van der Waals surface area contributed by atoms with Crippen molar-refractivity contribution >= 4 is 23.4 Å². The number of nitro groups is 1. The molecule has 0 radical (unpaired) electrons. The molecule has 0 aliphatic carbocycles. The Morgan fingerprint density at radius 2 is 2.29 bits per heavy atom. The van der Waals surface area contributed by atoms with Crippen molar-refractivity contribution in [3.05, 3.63) is 16.3 Å². The minimum absolute atomic E-state index is 0.158. The molecule has 1 aliphatic rings. The molecule has 1 amide bonds. The van der Waals surface area contributed by atoms with Crippen LogP contribution in [0.2, 0.25) is 0 Å². The molecule has 0 saturated carbocycles. The van der Waals surface area contributed by atoms with Crippen LogP contribution in [-0.4, -0.2) is 46.0 Å². The highest BCUT2D eigenvalue weighted by atomic mass is 16.6. The molecule has 1 aliphatic heterocycles. The van der Waals surface area contributed by atoms with E-state index in [0.29, 0.717) is 25.6 Å². The summed E-state index contributed by atoms with van der Waals surface area (Å²) in [5.74, 6) is 0.275. The van der Waals surface area contributed by atoms with E-state index in [1.807, 2.05) is 6.92 Å². The van der Waals surface area contributed by atoms with E-state index in [1.54, 1.807) is 18.7 Å². The van der Waals surface area contributed by atoms with Gasteiger partial charge in [0.05, 0.1) is 4.92 Å². The lowest BCUT2D eigenvalue weighted by atomic mass is 9.99. The van der Waals surface area contributed by atoms with Crippen LogP contribution in [0.1, 0.15) is 20.8 Å². The number of nitrogens with zero attached hydrogens (tertiary/aromatic N) is 4. The molecule has 1 saturated heterocycles. The Bertz CT molecular complexity index is 574. The van der Waals surface area contributed by atoms with E-state index in [-0.39, 0.29) is 17.4 Å². The van der Waals surface area contributed by atoms with E-state index < -0.39 is 10.5 Å². The number of rotatable bonds is 4. The molecule has 0 bridgehead atoms. The Labute approximate surface area is 121 Å². The van der Waals surface area contributed by atoms with Crippen LogP contribution in [0, 0.1) is 10.1 Å². The molecule has 114 valence electrons. The Morgan fingerprint density at radius 1 is 1.57 bits per heavy atom. The number of amides is 1. The second-order valence-corrected chi connectivity index (χ2v) is 5.16. The van der Waals surface area contributed by atoms with Crippen molar-refractivity contribution in [2.45, 2.75) is 26.3 Å². The second-order valence-electron chi connectivity index (χ2n) is 5.16. The van der Waals surface area contributed by atoms with E-state index in [4.69, 9.17) is 0 Å². The van der Waals surface area contributed by atoms with Gasteiger partial charge in [-0.25, -0.2) is 4.98 Å². The lowest BCUT2D eigenvalue weighted by Gasteiger charge is -2.41. The summed E-state index contributed by atoms with van der Waals surface area (Å²) in [6, 6.07) is 0. The zero-order valence-corrected chi connectivity index (χ0v) is 12.2. The highest BCUT2D eigenvalue weighted by Gasteiger charge is 2.41. The second kappa shape index (κ2) is 5.51. The van der Waals surface area contributed by atoms with Crippen molar-refractivity contribution in [2.24, 2.45) is 0 Å². The summed E-state index contributed by atoms with van der Waals surface area (Å²) in [5, 5.41) is 16.9. The molecule has 0 atom stereocenters. The molecule has 9 nitrogen and oxygen atoms in total. The van der Waals surface area contributed by atoms with Crippen LogP contribution in [0.5, 0.6) is 0 Å². The minimum atomic E-state index is -0.916. The van der Waals surface area contributed by atoms with Crippen LogP contribution in [-0.2, 0) is 4.79 Å². The van der Waals surface area contributed by atoms with Crippen molar-refractivity contribution < 1.29 is 9.72 Å². The van der Waals surface area contributed by atoms with Crippen LogP contribution in [0.3, 0.4) is 0 Å². The first-order valence-electron chi connectivity index (χ1n) is 6.69. The molecule has 2 heterocycles. The number of anilines is 2. The van der Waals surface area contributed by atoms with Crippen LogP contribution >= 0.6 is 0 Å². The standard InChI is InChI=1S/C12H18N6O3/c1-4-13-11-15-7-8(18(20)21)9(16-11)17-6-5-14-10(19)12(17,2)3/h7H,4-6H2,1-3H3,(H,14,19)(H,13,15,16). The fraction of sp³-hybridized carbons (Fsp3) is 0.583. The van der Waals surface area contributed by atoms with E-state index in [0.717, 1.165) is 0 Å². The van der Waals surface area contributed by atoms with Gasteiger partial charge in [-0.3, -0.25) is 14.9 Å². The number of nitrogens with one attached hydrogen (secondary N) is 2. The van der Waals surface area contributed by atoms with Gasteiger partial charge in [0.25, 0.3) is 0 Å². The SMILES string of the molecule is CCNc1ncc([N+](=O)[O-])c(N2CCNC(=O)C2(C)C)n1. The average molecular weight is 294 g/mol. The Hall–Kier alpha value is -2.45. The topological polar surface area (TPSA) is 113 Å². The molecule has 2 N–H and O–H groups in total. The number of aromatic nitrogens is 2. The fourth-order valence-corrected chi connectivity index (χ4v) is 2.21. The first-order chi connectivity index (χ1) is 9.87. The first-order valence-corrected chi connectivity index (χ1v) is 6.69. The maximum atomic E-state index is 12.0. The number of hydrogen-bond donors (Lipinski definition) is 2. The van der Waals surface area contributed by atoms with Crippen molar-refractivity contribution in [1.29, 1.82) is 0 Å². The van der Waals surface area contributed by atoms with Crippen molar-refractivity contribution in [3.8, 4) is 0 Å². The minimum Gasteiger partial charge on any atom is -0.354 e. The fourth-order valence-electron chi connectivity index (χ4n) is 2.21. The quantitative estimate of drug-likeness (QED) is 0.615. The summed E-state index contributed by atoms with van der Waals surface area (Å²) in [6.45, 7) is 6.76. The number of piperazine rings is 1. The third-order valence-electron chi connectivity index (χ3n) is 3.39. The van der Waals surface area contributed by atoms with Gasteiger partial charge in [-0.1, -0.05) is 0 Å². The highest BCUT2D eigenvalue weighted by molar-refractivity contribution is 5.90. The molecular weight excluding hydrogens is 276 g/mol. The molecule has 21 heavy (non-hydrogen) atoms. The van der Waals surface area contributed by atoms with Crippen LogP contribution in [0.15, 0.2) is 6.20 Å². The Balaban J connectivity index is 2.51. The lowest BCUT2D eigenvalue weighted by Crippen LogP contribution is -2.62. The largest absolute Gasteiger partial charge is 0.354 e. The van der Waals surface area contributed by atoms with Gasteiger partial charge in [-0.05, 0) is 20.8 Å². The monoisotopic (exact) mass is 294 g/mol. The van der Waals surface area contributed by atoms with E-state index in [1.165, 1.54) is 6.20 Å². The first kappa shape index (κ1) is 14.9. The lowest BCUT2D eigenvalue weighted by molar-refractivity contribution is -0.384. The highest BCUT2D eigenvalue weighted by Crippen LogP contribution is 2.32. The maximum absolute atomic E-state index is 12.0. The third kappa shape index (κ3) is 2.71. The third-order valence-corrected chi connectivity index (χ3v) is 3.39. The molecule has 1 aromatic rings. The van der Waals surface area contributed by atoms with E-state index in [9.17, 15) is 14.9 Å². The Morgan fingerprint density at radius 3 is 2.90 bits per heavy atom. The molecule has 0 spiro atoms. The van der Waals surface area contributed by atoms with Gasteiger partial charge in [0.1, 0.15) is 11.7 Å². The van der Waals surface area contributed by atoms with Gasteiger partial charge in [0.2, 0.25) is 17.7 Å². The van der Waals surface area contributed by atoms with E-state index in [2.05, 4.69) is 20.6 Å². The summed E-state index contributed by atoms with van der Waals surface area (Å²) < 4.78 is 0. The summed E-state index contributed by atoms with van der Waals surface area (Å²) in [5.41, 5.74) is -1.12. The van der Waals surface area contributed by atoms with Crippen LogP contribution in [0.25, 0.3) is 0 Å².